The normalized spacial score (nSPS) is 10.0. The Morgan fingerprint density at radius 1 is 1.13 bits per heavy atom. The summed E-state index contributed by atoms with van der Waals surface area (Å²) in [7, 11) is 1.33. The van der Waals surface area contributed by atoms with Crippen molar-refractivity contribution in [2.24, 2.45) is 0 Å². The average molecular weight is 313 g/mol. The minimum atomic E-state index is -0.413. The van der Waals surface area contributed by atoms with Gasteiger partial charge in [-0.05, 0) is 42.8 Å². The number of rotatable bonds is 6. The maximum absolute atomic E-state index is 12.3. The largest absolute Gasteiger partial charge is 0.465 e. The summed E-state index contributed by atoms with van der Waals surface area (Å²) >= 11 is 0. The van der Waals surface area contributed by atoms with Crippen molar-refractivity contribution in [1.29, 1.82) is 0 Å². The smallest absolute Gasteiger partial charge is 0.337 e. The highest BCUT2D eigenvalue weighted by atomic mass is 16.5. The predicted molar refractivity (Wildman–Crippen MR) is 88.8 cm³/mol. The molecular weight excluding hydrogens is 294 g/mol. The summed E-state index contributed by atoms with van der Waals surface area (Å²) in [4.78, 5) is 27.8. The molecule has 6 nitrogen and oxygen atoms in total. The second kappa shape index (κ2) is 7.93. The van der Waals surface area contributed by atoms with Gasteiger partial charge in [-0.3, -0.25) is 4.79 Å². The van der Waals surface area contributed by atoms with E-state index in [4.69, 9.17) is 0 Å². The monoisotopic (exact) mass is 313 g/mol. The highest BCUT2D eigenvalue weighted by Crippen LogP contribution is 2.13. The fourth-order valence-corrected chi connectivity index (χ4v) is 1.93. The van der Waals surface area contributed by atoms with Crippen LogP contribution >= 0.6 is 0 Å². The van der Waals surface area contributed by atoms with E-state index in [9.17, 15) is 9.59 Å². The molecule has 23 heavy (non-hydrogen) atoms. The number of ether oxygens (including phenoxy) is 1. The molecule has 2 rings (SSSR count). The van der Waals surface area contributed by atoms with E-state index in [2.05, 4.69) is 27.3 Å². The molecule has 0 aliphatic carbocycles. The molecule has 0 radical (unpaired) electrons. The van der Waals surface area contributed by atoms with Crippen LogP contribution in [-0.4, -0.2) is 30.5 Å². The quantitative estimate of drug-likeness (QED) is 0.801. The van der Waals surface area contributed by atoms with Crippen LogP contribution in [0, 0.1) is 0 Å². The average Bonchev–Trinajstić information content (AvgIpc) is 2.60. The summed E-state index contributed by atoms with van der Waals surface area (Å²) in [5, 5.41) is 5.92. The molecule has 1 amide bonds. The first-order chi connectivity index (χ1) is 11.1. The van der Waals surface area contributed by atoms with Crippen molar-refractivity contribution >= 4 is 23.4 Å². The van der Waals surface area contributed by atoms with Gasteiger partial charge in [0, 0.05) is 24.0 Å². The zero-order valence-corrected chi connectivity index (χ0v) is 13.1. The Hall–Kier alpha value is -2.89. The number of hydrogen-bond acceptors (Lipinski definition) is 5. The van der Waals surface area contributed by atoms with Crippen LogP contribution in [0.3, 0.4) is 0 Å². The maximum atomic E-state index is 12.3. The van der Waals surface area contributed by atoms with E-state index in [1.165, 1.54) is 7.11 Å². The van der Waals surface area contributed by atoms with Crippen LogP contribution in [0.15, 0.2) is 42.6 Å². The fourth-order valence-electron chi connectivity index (χ4n) is 1.93. The number of nitrogens with zero attached hydrogens (tertiary/aromatic N) is 1. The molecule has 0 aliphatic heterocycles. The van der Waals surface area contributed by atoms with E-state index in [1.807, 2.05) is 0 Å². The number of anilines is 2. The van der Waals surface area contributed by atoms with Gasteiger partial charge < -0.3 is 15.4 Å². The lowest BCUT2D eigenvalue weighted by atomic mass is 10.2. The lowest BCUT2D eigenvalue weighted by molar-refractivity contribution is 0.0600. The van der Waals surface area contributed by atoms with Crippen LogP contribution in [0.25, 0.3) is 0 Å². The number of pyridine rings is 1. The Morgan fingerprint density at radius 3 is 2.52 bits per heavy atom. The third kappa shape index (κ3) is 4.54. The summed E-state index contributed by atoms with van der Waals surface area (Å²) < 4.78 is 4.63. The van der Waals surface area contributed by atoms with Gasteiger partial charge >= 0.3 is 5.97 Å². The second-order valence-electron chi connectivity index (χ2n) is 4.88. The van der Waals surface area contributed by atoms with Crippen molar-refractivity contribution in [1.82, 2.24) is 4.98 Å². The Kier molecular flexibility index (Phi) is 5.68. The van der Waals surface area contributed by atoms with Crippen molar-refractivity contribution in [2.75, 3.05) is 24.3 Å². The van der Waals surface area contributed by atoms with E-state index < -0.39 is 5.97 Å². The van der Waals surface area contributed by atoms with E-state index in [0.717, 1.165) is 13.0 Å². The molecule has 1 heterocycles. The Labute approximate surface area is 134 Å². The first-order valence-electron chi connectivity index (χ1n) is 7.33. The SMILES string of the molecule is CCCNc1cc(C(=O)Nc2ccc(C(=O)OC)cc2)ccn1. The van der Waals surface area contributed by atoms with Crippen LogP contribution in [-0.2, 0) is 4.74 Å². The highest BCUT2D eigenvalue weighted by molar-refractivity contribution is 6.04. The van der Waals surface area contributed by atoms with E-state index in [-0.39, 0.29) is 5.91 Å². The number of carbonyl (C=O) groups excluding carboxylic acids is 2. The minimum Gasteiger partial charge on any atom is -0.465 e. The molecule has 0 saturated heterocycles. The maximum Gasteiger partial charge on any atom is 0.337 e. The van der Waals surface area contributed by atoms with Crippen molar-refractivity contribution in [2.45, 2.75) is 13.3 Å². The number of carbonyl (C=O) groups is 2. The van der Waals surface area contributed by atoms with Crippen molar-refractivity contribution in [3.05, 3.63) is 53.7 Å². The molecule has 0 unspecified atom stereocenters. The molecule has 0 bridgehead atoms. The first-order valence-corrected chi connectivity index (χ1v) is 7.33. The van der Waals surface area contributed by atoms with E-state index in [1.54, 1.807) is 42.6 Å². The predicted octanol–water partition coefficient (Wildman–Crippen LogP) is 2.94. The lowest BCUT2D eigenvalue weighted by Crippen LogP contribution is -2.13. The molecule has 0 saturated carbocycles. The summed E-state index contributed by atoms with van der Waals surface area (Å²) in [5.41, 5.74) is 1.54. The Bertz CT molecular complexity index is 684. The number of methoxy groups -OCH3 is 1. The van der Waals surface area contributed by atoms with Gasteiger partial charge in [0.1, 0.15) is 5.82 Å². The molecule has 1 aromatic carbocycles. The lowest BCUT2D eigenvalue weighted by Gasteiger charge is -2.08. The van der Waals surface area contributed by atoms with Crippen molar-refractivity contribution in [3.8, 4) is 0 Å². The summed E-state index contributed by atoms with van der Waals surface area (Å²) in [6.07, 6.45) is 2.57. The van der Waals surface area contributed by atoms with Gasteiger partial charge in [0.2, 0.25) is 0 Å². The summed E-state index contributed by atoms with van der Waals surface area (Å²) in [6, 6.07) is 9.86. The van der Waals surface area contributed by atoms with Crippen LogP contribution in [0.5, 0.6) is 0 Å². The zero-order chi connectivity index (χ0) is 16.7. The fraction of sp³-hybridized carbons (Fsp3) is 0.235. The van der Waals surface area contributed by atoms with E-state index >= 15 is 0 Å². The third-order valence-corrected chi connectivity index (χ3v) is 3.14. The molecular formula is C17H19N3O3. The van der Waals surface area contributed by atoms with Gasteiger partial charge in [-0.1, -0.05) is 6.92 Å². The Morgan fingerprint density at radius 2 is 1.87 bits per heavy atom. The van der Waals surface area contributed by atoms with Crippen molar-refractivity contribution < 1.29 is 14.3 Å². The molecule has 2 aromatic rings. The molecule has 1 aromatic heterocycles. The molecule has 0 fully saturated rings. The molecule has 0 aliphatic rings. The Balaban J connectivity index is 2.05. The summed E-state index contributed by atoms with van der Waals surface area (Å²) in [5.74, 6) is 0.0157. The minimum absolute atomic E-state index is 0.238. The van der Waals surface area contributed by atoms with Gasteiger partial charge in [0.15, 0.2) is 0 Å². The highest BCUT2D eigenvalue weighted by Gasteiger charge is 2.09. The van der Waals surface area contributed by atoms with Crippen LogP contribution in [0.4, 0.5) is 11.5 Å². The van der Waals surface area contributed by atoms with Gasteiger partial charge in [-0.15, -0.1) is 0 Å². The van der Waals surface area contributed by atoms with Crippen molar-refractivity contribution in [3.63, 3.8) is 0 Å². The van der Waals surface area contributed by atoms with Gasteiger partial charge in [0.25, 0.3) is 5.91 Å². The number of aromatic nitrogens is 1. The number of amides is 1. The number of esters is 1. The molecule has 6 heteroatoms. The molecule has 2 N–H and O–H groups in total. The molecule has 0 spiro atoms. The molecule has 0 atom stereocenters. The first kappa shape index (κ1) is 16.5. The van der Waals surface area contributed by atoms with E-state index in [0.29, 0.717) is 22.6 Å². The van der Waals surface area contributed by atoms with Crippen LogP contribution in [0.1, 0.15) is 34.1 Å². The number of hydrogen-bond donors (Lipinski definition) is 2. The van der Waals surface area contributed by atoms with Gasteiger partial charge in [-0.2, -0.15) is 0 Å². The standard InChI is InChI=1S/C17H19N3O3/c1-3-9-18-15-11-13(8-10-19-15)16(21)20-14-6-4-12(5-7-14)17(22)23-2/h4-8,10-11H,3,9H2,1-2H3,(H,18,19)(H,20,21). The topological polar surface area (TPSA) is 80.3 Å². The number of nitrogens with one attached hydrogen (secondary N) is 2. The van der Waals surface area contributed by atoms with Gasteiger partial charge in [0.05, 0.1) is 12.7 Å². The zero-order valence-electron chi connectivity index (χ0n) is 13.1. The van der Waals surface area contributed by atoms with Crippen LogP contribution in [0.2, 0.25) is 0 Å². The third-order valence-electron chi connectivity index (χ3n) is 3.14. The number of benzene rings is 1. The second-order valence-corrected chi connectivity index (χ2v) is 4.88. The summed E-state index contributed by atoms with van der Waals surface area (Å²) in [6.45, 7) is 2.86. The molecule has 120 valence electrons. The van der Waals surface area contributed by atoms with Crippen LogP contribution < -0.4 is 10.6 Å². The van der Waals surface area contributed by atoms with Gasteiger partial charge in [-0.25, -0.2) is 9.78 Å².